The second-order valence-electron chi connectivity index (χ2n) is 5.79. The Hall–Kier alpha value is -2.83. The summed E-state index contributed by atoms with van der Waals surface area (Å²) in [6.07, 6.45) is 5.88. The van der Waals surface area contributed by atoms with Crippen LogP contribution in [-0.4, -0.2) is 25.3 Å². The van der Waals surface area contributed by atoms with E-state index >= 15 is 0 Å². The summed E-state index contributed by atoms with van der Waals surface area (Å²) < 4.78 is 1.58. The lowest BCUT2D eigenvalue weighted by molar-refractivity contribution is 0.891. The summed E-state index contributed by atoms with van der Waals surface area (Å²) in [6.45, 7) is 0. The molecule has 7 heteroatoms. The van der Waals surface area contributed by atoms with Crippen LogP contribution in [0.15, 0.2) is 72.0 Å². The number of thioether (sulfide) groups is 1. The maximum absolute atomic E-state index is 6.30. The SMILES string of the molecule is Nc1c(-c2ccc(Cl)cc2)cnc2nc(SC/C=C/c3ccccc3)nn12. The zero-order chi connectivity index (χ0) is 18.6. The van der Waals surface area contributed by atoms with Gasteiger partial charge in [0.2, 0.25) is 5.16 Å². The van der Waals surface area contributed by atoms with Gasteiger partial charge in [0.05, 0.1) is 0 Å². The Morgan fingerprint density at radius 2 is 1.85 bits per heavy atom. The second-order valence-corrected chi connectivity index (χ2v) is 7.22. The lowest BCUT2D eigenvalue weighted by atomic mass is 10.1. The van der Waals surface area contributed by atoms with Crippen LogP contribution in [-0.2, 0) is 0 Å². The fraction of sp³-hybridized carbons (Fsp3) is 0.0500. The second kappa shape index (κ2) is 7.82. The van der Waals surface area contributed by atoms with Crippen LogP contribution < -0.4 is 5.73 Å². The van der Waals surface area contributed by atoms with Gasteiger partial charge in [0, 0.05) is 22.5 Å². The summed E-state index contributed by atoms with van der Waals surface area (Å²) in [5.74, 6) is 1.75. The number of hydrogen-bond acceptors (Lipinski definition) is 5. The van der Waals surface area contributed by atoms with E-state index in [-0.39, 0.29) is 0 Å². The van der Waals surface area contributed by atoms with Crippen LogP contribution in [0.3, 0.4) is 0 Å². The standard InChI is InChI=1S/C20H16ClN5S/c21-16-10-8-15(9-11-16)17-13-23-19-24-20(25-26(19)18(17)22)27-12-4-7-14-5-2-1-3-6-14/h1-11,13H,12,22H2/b7-4+. The highest BCUT2D eigenvalue weighted by Crippen LogP contribution is 2.27. The average molecular weight is 394 g/mol. The Kier molecular flexibility index (Phi) is 5.09. The molecular weight excluding hydrogens is 378 g/mol. The summed E-state index contributed by atoms with van der Waals surface area (Å²) in [5.41, 5.74) is 9.19. The van der Waals surface area contributed by atoms with Gasteiger partial charge in [0.25, 0.3) is 5.78 Å². The first-order valence-corrected chi connectivity index (χ1v) is 9.68. The molecule has 134 valence electrons. The number of hydrogen-bond donors (Lipinski definition) is 1. The van der Waals surface area contributed by atoms with Gasteiger partial charge in [-0.1, -0.05) is 78.0 Å². The number of nitrogens with zero attached hydrogens (tertiary/aromatic N) is 4. The van der Waals surface area contributed by atoms with Crippen molar-refractivity contribution >= 4 is 41.0 Å². The molecule has 0 amide bonds. The normalized spacial score (nSPS) is 11.4. The average Bonchev–Trinajstić information content (AvgIpc) is 3.11. The van der Waals surface area contributed by atoms with Gasteiger partial charge in [0.15, 0.2) is 0 Å². The molecule has 0 atom stereocenters. The van der Waals surface area contributed by atoms with Crippen molar-refractivity contribution in [3.05, 3.63) is 77.5 Å². The number of aromatic nitrogens is 4. The van der Waals surface area contributed by atoms with E-state index in [4.69, 9.17) is 17.3 Å². The molecule has 0 aliphatic rings. The first kappa shape index (κ1) is 17.6. The van der Waals surface area contributed by atoms with Gasteiger partial charge in [-0.15, -0.1) is 5.10 Å². The van der Waals surface area contributed by atoms with Gasteiger partial charge in [-0.25, -0.2) is 4.98 Å². The zero-order valence-corrected chi connectivity index (χ0v) is 15.9. The molecule has 0 saturated carbocycles. The van der Waals surface area contributed by atoms with Crippen LogP contribution in [0.1, 0.15) is 5.56 Å². The third kappa shape index (κ3) is 3.97. The molecule has 4 aromatic rings. The van der Waals surface area contributed by atoms with E-state index in [1.807, 2.05) is 42.5 Å². The van der Waals surface area contributed by atoms with E-state index in [0.717, 1.165) is 16.9 Å². The Morgan fingerprint density at radius 1 is 1.07 bits per heavy atom. The van der Waals surface area contributed by atoms with Crippen LogP contribution in [0.25, 0.3) is 23.0 Å². The van der Waals surface area contributed by atoms with Crippen LogP contribution in [0.2, 0.25) is 5.02 Å². The van der Waals surface area contributed by atoms with Crippen LogP contribution in [0.5, 0.6) is 0 Å². The van der Waals surface area contributed by atoms with Crippen molar-refractivity contribution in [3.8, 4) is 11.1 Å². The molecule has 2 aromatic heterocycles. The van der Waals surface area contributed by atoms with Gasteiger partial charge < -0.3 is 5.73 Å². The largest absolute Gasteiger partial charge is 0.383 e. The zero-order valence-electron chi connectivity index (χ0n) is 14.3. The first-order valence-electron chi connectivity index (χ1n) is 8.32. The molecule has 0 fully saturated rings. The van der Waals surface area contributed by atoms with Crippen molar-refractivity contribution in [2.75, 3.05) is 11.5 Å². The molecule has 0 bridgehead atoms. The van der Waals surface area contributed by atoms with E-state index in [0.29, 0.717) is 21.8 Å². The smallest absolute Gasteiger partial charge is 0.255 e. The Balaban J connectivity index is 1.53. The van der Waals surface area contributed by atoms with Gasteiger partial charge >= 0.3 is 0 Å². The van der Waals surface area contributed by atoms with E-state index in [2.05, 4.69) is 39.4 Å². The van der Waals surface area contributed by atoms with Crippen molar-refractivity contribution in [3.63, 3.8) is 0 Å². The lowest BCUT2D eigenvalue weighted by Gasteiger charge is -2.06. The summed E-state index contributed by atoms with van der Waals surface area (Å²) in [5, 5.41) is 5.80. The summed E-state index contributed by atoms with van der Waals surface area (Å²) in [4.78, 5) is 8.82. The molecule has 0 aliphatic carbocycles. The van der Waals surface area contributed by atoms with E-state index in [1.54, 1.807) is 10.7 Å². The van der Waals surface area contributed by atoms with Crippen molar-refractivity contribution in [1.29, 1.82) is 0 Å². The maximum atomic E-state index is 6.30. The minimum absolute atomic E-state index is 0.486. The molecule has 4 rings (SSSR count). The fourth-order valence-corrected chi connectivity index (χ4v) is 3.37. The van der Waals surface area contributed by atoms with E-state index in [1.165, 1.54) is 17.3 Å². The Labute approximate surface area is 165 Å². The third-order valence-electron chi connectivity index (χ3n) is 3.96. The maximum Gasteiger partial charge on any atom is 0.255 e. The molecule has 5 nitrogen and oxygen atoms in total. The molecule has 2 N–H and O–H groups in total. The number of nitrogens with two attached hydrogens (primary N) is 1. The topological polar surface area (TPSA) is 69.1 Å². The molecule has 2 heterocycles. The van der Waals surface area contributed by atoms with Gasteiger partial charge in [-0.3, -0.25) is 0 Å². The summed E-state index contributed by atoms with van der Waals surface area (Å²) >= 11 is 7.49. The third-order valence-corrected chi connectivity index (χ3v) is 5.00. The van der Waals surface area contributed by atoms with Gasteiger partial charge in [0.1, 0.15) is 5.82 Å². The first-order chi connectivity index (χ1) is 13.2. The van der Waals surface area contributed by atoms with Crippen molar-refractivity contribution in [1.82, 2.24) is 19.6 Å². The predicted octanol–water partition coefficient (Wildman–Crippen LogP) is 4.83. The van der Waals surface area contributed by atoms with Crippen LogP contribution >= 0.6 is 23.4 Å². The van der Waals surface area contributed by atoms with Crippen LogP contribution in [0, 0.1) is 0 Å². The Morgan fingerprint density at radius 3 is 2.63 bits per heavy atom. The molecular formula is C20H16ClN5S. The van der Waals surface area contributed by atoms with Crippen molar-refractivity contribution in [2.45, 2.75) is 5.16 Å². The summed E-state index contributed by atoms with van der Waals surface area (Å²) in [6, 6.07) is 17.6. The van der Waals surface area contributed by atoms with Crippen molar-refractivity contribution < 1.29 is 0 Å². The highest BCUT2D eigenvalue weighted by atomic mass is 35.5. The molecule has 0 spiro atoms. The molecule has 0 radical (unpaired) electrons. The number of nitrogen functional groups attached to an aromatic ring is 1. The Bertz CT molecular complexity index is 1090. The molecule has 27 heavy (non-hydrogen) atoms. The van der Waals surface area contributed by atoms with Gasteiger partial charge in [-0.05, 0) is 23.3 Å². The molecule has 2 aromatic carbocycles. The van der Waals surface area contributed by atoms with Crippen molar-refractivity contribution in [2.24, 2.45) is 0 Å². The molecule has 0 aliphatic heterocycles. The molecule has 0 saturated heterocycles. The number of benzene rings is 2. The number of fused-ring (bicyclic) bond motifs is 1. The predicted molar refractivity (Wildman–Crippen MR) is 112 cm³/mol. The van der Waals surface area contributed by atoms with E-state index in [9.17, 15) is 0 Å². The number of halogens is 1. The minimum atomic E-state index is 0.486. The monoisotopic (exact) mass is 393 g/mol. The van der Waals surface area contributed by atoms with Crippen LogP contribution in [0.4, 0.5) is 5.82 Å². The van der Waals surface area contributed by atoms with Gasteiger partial charge in [-0.2, -0.15) is 9.50 Å². The number of anilines is 1. The highest BCUT2D eigenvalue weighted by molar-refractivity contribution is 7.99. The molecule has 0 unspecified atom stereocenters. The summed E-state index contributed by atoms with van der Waals surface area (Å²) in [7, 11) is 0. The lowest BCUT2D eigenvalue weighted by Crippen LogP contribution is -2.02. The van der Waals surface area contributed by atoms with E-state index < -0.39 is 0 Å². The number of rotatable bonds is 5. The minimum Gasteiger partial charge on any atom is -0.383 e. The highest BCUT2D eigenvalue weighted by Gasteiger charge is 2.12. The quantitative estimate of drug-likeness (QED) is 0.491. The fourth-order valence-electron chi connectivity index (χ4n) is 2.62.